The molecule has 0 bridgehead atoms. The Morgan fingerprint density at radius 2 is 1.51 bits per heavy atom. The standard InChI is InChI=1S/C33H47N3O3/c1-27(2)16-17-28(3)33(39)19-23-36(24-20-33)22-10-18-32(29-12-6-4-7-13-29,30-14-8-5-9-15-30)26-35-31(38)34-21-11-25-37/h4-9,12-17,37,39H,10-11,18-26H2,1-3H3,(H2,34,35,38)/b28-17+. The maximum absolute atomic E-state index is 12.6. The highest BCUT2D eigenvalue weighted by Gasteiger charge is 2.36. The van der Waals surface area contributed by atoms with Gasteiger partial charge in [0.25, 0.3) is 0 Å². The van der Waals surface area contributed by atoms with Crippen molar-refractivity contribution in [1.29, 1.82) is 0 Å². The molecule has 1 aliphatic rings. The van der Waals surface area contributed by atoms with Gasteiger partial charge in [0.1, 0.15) is 0 Å². The van der Waals surface area contributed by atoms with Gasteiger partial charge in [-0.05, 0) is 76.1 Å². The number of nitrogens with zero attached hydrogens (tertiary/aromatic N) is 1. The van der Waals surface area contributed by atoms with Gasteiger partial charge in [0, 0.05) is 38.2 Å². The Hall–Kier alpha value is -2.93. The third kappa shape index (κ3) is 8.79. The van der Waals surface area contributed by atoms with E-state index in [-0.39, 0.29) is 18.1 Å². The molecule has 4 N–H and O–H groups in total. The van der Waals surface area contributed by atoms with E-state index in [2.05, 4.69) is 90.1 Å². The number of carbonyl (C=O) groups is 1. The lowest BCUT2D eigenvalue weighted by atomic mass is 9.71. The van der Waals surface area contributed by atoms with Gasteiger partial charge in [-0.1, -0.05) is 78.4 Å². The molecule has 6 nitrogen and oxygen atoms in total. The van der Waals surface area contributed by atoms with E-state index in [1.165, 1.54) is 16.7 Å². The van der Waals surface area contributed by atoms with E-state index in [0.29, 0.717) is 19.5 Å². The first-order valence-electron chi connectivity index (χ1n) is 14.3. The molecule has 1 aliphatic heterocycles. The zero-order chi connectivity index (χ0) is 28.1. The Labute approximate surface area is 234 Å². The zero-order valence-corrected chi connectivity index (χ0v) is 24.0. The van der Waals surface area contributed by atoms with E-state index in [9.17, 15) is 9.90 Å². The fourth-order valence-electron chi connectivity index (χ4n) is 5.43. The van der Waals surface area contributed by atoms with Crippen molar-refractivity contribution in [1.82, 2.24) is 15.5 Å². The number of amides is 2. The molecule has 39 heavy (non-hydrogen) atoms. The number of benzene rings is 2. The van der Waals surface area contributed by atoms with Crippen LogP contribution in [0, 0.1) is 0 Å². The van der Waals surface area contributed by atoms with Crippen LogP contribution in [-0.2, 0) is 5.41 Å². The molecule has 0 saturated carbocycles. The maximum Gasteiger partial charge on any atom is 0.314 e. The van der Waals surface area contributed by atoms with E-state index in [4.69, 9.17) is 5.11 Å². The summed E-state index contributed by atoms with van der Waals surface area (Å²) in [5.41, 5.74) is 3.52. The predicted molar refractivity (Wildman–Crippen MR) is 160 cm³/mol. The van der Waals surface area contributed by atoms with Gasteiger partial charge in [0.15, 0.2) is 0 Å². The van der Waals surface area contributed by atoms with Crippen molar-refractivity contribution in [3.05, 3.63) is 95.1 Å². The second-order valence-corrected chi connectivity index (χ2v) is 11.1. The van der Waals surface area contributed by atoms with Crippen LogP contribution in [0.1, 0.15) is 64.0 Å². The monoisotopic (exact) mass is 533 g/mol. The van der Waals surface area contributed by atoms with Crippen molar-refractivity contribution >= 4 is 6.03 Å². The van der Waals surface area contributed by atoms with Crippen molar-refractivity contribution in [2.24, 2.45) is 0 Å². The number of piperidine rings is 1. The summed E-state index contributed by atoms with van der Waals surface area (Å²) >= 11 is 0. The van der Waals surface area contributed by atoms with E-state index in [0.717, 1.165) is 50.9 Å². The van der Waals surface area contributed by atoms with Crippen molar-refractivity contribution < 1.29 is 15.0 Å². The third-order valence-corrected chi connectivity index (χ3v) is 7.99. The summed E-state index contributed by atoms with van der Waals surface area (Å²) in [5, 5.41) is 26.3. The first-order chi connectivity index (χ1) is 18.8. The van der Waals surface area contributed by atoms with Crippen molar-refractivity contribution in [3.63, 3.8) is 0 Å². The van der Waals surface area contributed by atoms with Gasteiger partial charge in [-0.15, -0.1) is 0 Å². The van der Waals surface area contributed by atoms with Gasteiger partial charge in [-0.3, -0.25) is 0 Å². The van der Waals surface area contributed by atoms with Crippen LogP contribution in [0.3, 0.4) is 0 Å². The fraction of sp³-hybridized carbons (Fsp3) is 0.485. The van der Waals surface area contributed by atoms with Crippen molar-refractivity contribution in [2.75, 3.05) is 39.3 Å². The molecule has 0 radical (unpaired) electrons. The molecule has 2 aromatic carbocycles. The lowest BCUT2D eigenvalue weighted by Gasteiger charge is -2.40. The minimum atomic E-state index is -0.729. The summed E-state index contributed by atoms with van der Waals surface area (Å²) in [6.07, 6.45) is 7.99. The molecule has 1 saturated heterocycles. The van der Waals surface area contributed by atoms with Gasteiger partial charge in [-0.2, -0.15) is 0 Å². The highest BCUT2D eigenvalue weighted by molar-refractivity contribution is 5.74. The molecule has 2 aromatic rings. The van der Waals surface area contributed by atoms with Crippen LogP contribution in [0.2, 0.25) is 0 Å². The highest BCUT2D eigenvalue weighted by Crippen LogP contribution is 2.37. The molecule has 0 aromatic heterocycles. The maximum atomic E-state index is 12.6. The molecule has 1 fully saturated rings. The minimum absolute atomic E-state index is 0.0530. The lowest BCUT2D eigenvalue weighted by Crippen LogP contribution is -2.47. The normalized spacial score (nSPS) is 16.0. The Morgan fingerprint density at radius 3 is 2.05 bits per heavy atom. The molecule has 0 aliphatic carbocycles. The van der Waals surface area contributed by atoms with E-state index >= 15 is 0 Å². The summed E-state index contributed by atoms with van der Waals surface area (Å²) in [6.45, 7) is 9.82. The quantitative estimate of drug-likeness (QED) is 0.211. The largest absolute Gasteiger partial charge is 0.396 e. The van der Waals surface area contributed by atoms with E-state index in [1.54, 1.807) is 0 Å². The minimum Gasteiger partial charge on any atom is -0.396 e. The second kappa shape index (κ2) is 15.0. The number of carbonyl (C=O) groups excluding carboxylic acids is 1. The first-order valence-corrected chi connectivity index (χ1v) is 14.3. The van der Waals surface area contributed by atoms with E-state index < -0.39 is 5.60 Å². The highest BCUT2D eigenvalue weighted by atomic mass is 16.3. The number of likely N-dealkylation sites (tertiary alicyclic amines) is 1. The molecule has 212 valence electrons. The Balaban J connectivity index is 1.72. The van der Waals surface area contributed by atoms with Crippen LogP contribution in [0.4, 0.5) is 4.79 Å². The van der Waals surface area contributed by atoms with Crippen LogP contribution < -0.4 is 10.6 Å². The fourth-order valence-corrected chi connectivity index (χ4v) is 5.43. The molecule has 0 unspecified atom stereocenters. The molecular formula is C33H47N3O3. The molecule has 0 atom stereocenters. The van der Waals surface area contributed by atoms with E-state index in [1.807, 2.05) is 19.1 Å². The predicted octanol–water partition coefficient (Wildman–Crippen LogP) is 5.17. The van der Waals surface area contributed by atoms with Gasteiger partial charge in [0.05, 0.1) is 5.60 Å². The number of allylic oxidation sites excluding steroid dienone is 3. The average molecular weight is 534 g/mol. The van der Waals surface area contributed by atoms with Crippen LogP contribution in [0.15, 0.2) is 84.0 Å². The molecule has 6 heteroatoms. The van der Waals surface area contributed by atoms with Crippen LogP contribution >= 0.6 is 0 Å². The average Bonchev–Trinajstić information content (AvgIpc) is 2.95. The molecular weight excluding hydrogens is 486 g/mol. The number of aliphatic hydroxyl groups excluding tert-OH is 1. The summed E-state index contributed by atoms with van der Waals surface area (Å²) in [7, 11) is 0. The zero-order valence-electron chi connectivity index (χ0n) is 24.0. The smallest absolute Gasteiger partial charge is 0.314 e. The first kappa shape index (κ1) is 30.6. The van der Waals surface area contributed by atoms with Gasteiger partial charge >= 0.3 is 6.03 Å². The van der Waals surface area contributed by atoms with Gasteiger partial charge in [-0.25, -0.2) is 4.79 Å². The molecule has 1 heterocycles. The Kier molecular flexibility index (Phi) is 11.8. The number of rotatable bonds is 13. The van der Waals surface area contributed by atoms with Crippen LogP contribution in [0.25, 0.3) is 0 Å². The Morgan fingerprint density at radius 1 is 0.923 bits per heavy atom. The summed E-state index contributed by atoms with van der Waals surface area (Å²) in [4.78, 5) is 15.1. The van der Waals surface area contributed by atoms with Crippen molar-refractivity contribution in [3.8, 4) is 0 Å². The van der Waals surface area contributed by atoms with Crippen LogP contribution in [0.5, 0.6) is 0 Å². The number of hydrogen-bond acceptors (Lipinski definition) is 4. The summed E-state index contributed by atoms with van der Waals surface area (Å²) in [5.74, 6) is 0. The molecule has 2 amide bonds. The Bertz CT molecular complexity index is 1030. The number of nitrogens with one attached hydrogen (secondary N) is 2. The van der Waals surface area contributed by atoms with Gasteiger partial charge < -0.3 is 25.7 Å². The number of aliphatic hydroxyl groups is 2. The third-order valence-electron chi connectivity index (χ3n) is 7.99. The van der Waals surface area contributed by atoms with Crippen molar-refractivity contribution in [2.45, 2.75) is 63.9 Å². The summed E-state index contributed by atoms with van der Waals surface area (Å²) in [6, 6.07) is 20.7. The van der Waals surface area contributed by atoms with Gasteiger partial charge in [0.2, 0.25) is 0 Å². The topological polar surface area (TPSA) is 84.8 Å². The number of urea groups is 1. The molecule has 3 rings (SSSR count). The lowest BCUT2D eigenvalue weighted by molar-refractivity contribution is 0.00888. The summed E-state index contributed by atoms with van der Waals surface area (Å²) < 4.78 is 0. The SMILES string of the molecule is CC(C)=C/C=C(\C)C1(O)CCN(CCCC(CNC(=O)NCCCO)(c2ccccc2)c2ccccc2)CC1. The van der Waals surface area contributed by atoms with Crippen LogP contribution in [-0.4, -0.2) is 66.1 Å². The second-order valence-electron chi connectivity index (χ2n) is 11.1. The molecule has 0 spiro atoms. The number of hydrogen-bond donors (Lipinski definition) is 4.